The van der Waals surface area contributed by atoms with E-state index < -0.39 is 17.5 Å². The second-order valence-corrected chi connectivity index (χ2v) is 7.49. The summed E-state index contributed by atoms with van der Waals surface area (Å²) in [7, 11) is 0. The number of fused-ring (bicyclic) bond motifs is 1. The van der Waals surface area contributed by atoms with Gasteiger partial charge in [-0.05, 0) is 48.7 Å². The van der Waals surface area contributed by atoms with E-state index in [0.29, 0.717) is 22.2 Å². The molecule has 0 bridgehead atoms. The largest absolute Gasteiger partial charge is 0.357 e. The van der Waals surface area contributed by atoms with E-state index in [4.69, 9.17) is 0 Å². The first-order valence-corrected chi connectivity index (χ1v) is 10.0. The standard InChI is InChI=1S/C23H19F2N5O/c24-18-5-3-4-16(21(18)25)14-6-8-19-17(12-14)22(29-28-19)23(31)27-15-7-9-20(26-13-15)30-10-1-2-11-30/h3-9,12-13H,1-2,10-11H2,(H,27,31)(H,28,29). The van der Waals surface area contributed by atoms with E-state index in [1.165, 1.54) is 12.1 Å². The molecular formula is C23H19F2N5O. The highest BCUT2D eigenvalue weighted by Gasteiger charge is 2.18. The third-order valence-electron chi connectivity index (χ3n) is 5.48. The van der Waals surface area contributed by atoms with Crippen LogP contribution in [0, 0.1) is 11.6 Å². The summed E-state index contributed by atoms with van der Waals surface area (Å²) in [5, 5.41) is 10.2. The second kappa shape index (κ2) is 7.79. The number of nitrogens with zero attached hydrogens (tertiary/aromatic N) is 3. The highest BCUT2D eigenvalue weighted by molar-refractivity contribution is 6.11. The van der Waals surface area contributed by atoms with Crippen LogP contribution in [0.15, 0.2) is 54.7 Å². The van der Waals surface area contributed by atoms with E-state index in [-0.39, 0.29) is 11.3 Å². The van der Waals surface area contributed by atoms with E-state index in [9.17, 15) is 13.6 Å². The molecule has 8 heteroatoms. The first-order chi connectivity index (χ1) is 15.1. The van der Waals surface area contributed by atoms with Gasteiger partial charge in [-0.25, -0.2) is 13.8 Å². The fraction of sp³-hybridized carbons (Fsp3) is 0.174. The average Bonchev–Trinajstić information content (AvgIpc) is 3.46. The van der Waals surface area contributed by atoms with E-state index >= 15 is 0 Å². The number of rotatable bonds is 4. The molecule has 156 valence electrons. The molecule has 0 saturated carbocycles. The minimum absolute atomic E-state index is 0.121. The van der Waals surface area contributed by atoms with Crippen molar-refractivity contribution in [2.75, 3.05) is 23.3 Å². The Morgan fingerprint density at radius 3 is 2.68 bits per heavy atom. The zero-order valence-electron chi connectivity index (χ0n) is 16.5. The van der Waals surface area contributed by atoms with Crippen molar-refractivity contribution in [3.63, 3.8) is 0 Å². The van der Waals surface area contributed by atoms with Crippen LogP contribution in [0.25, 0.3) is 22.0 Å². The first kappa shape index (κ1) is 19.2. The third-order valence-corrected chi connectivity index (χ3v) is 5.48. The molecule has 2 N–H and O–H groups in total. The van der Waals surface area contributed by atoms with Gasteiger partial charge in [-0.3, -0.25) is 9.89 Å². The minimum Gasteiger partial charge on any atom is -0.357 e. The van der Waals surface area contributed by atoms with Gasteiger partial charge in [0.15, 0.2) is 17.3 Å². The number of benzene rings is 2. The Balaban J connectivity index is 1.41. The summed E-state index contributed by atoms with van der Waals surface area (Å²) in [5.74, 6) is -1.38. The first-order valence-electron chi connectivity index (χ1n) is 10.0. The quantitative estimate of drug-likeness (QED) is 0.500. The lowest BCUT2D eigenvalue weighted by molar-refractivity contribution is 0.102. The Hall–Kier alpha value is -3.81. The maximum absolute atomic E-state index is 14.2. The van der Waals surface area contributed by atoms with Crippen LogP contribution in [0.1, 0.15) is 23.3 Å². The molecule has 0 spiro atoms. The number of halogens is 2. The van der Waals surface area contributed by atoms with Crippen molar-refractivity contribution in [3.05, 3.63) is 72.1 Å². The minimum atomic E-state index is -0.930. The van der Waals surface area contributed by atoms with Gasteiger partial charge in [-0.1, -0.05) is 18.2 Å². The van der Waals surface area contributed by atoms with Crippen molar-refractivity contribution in [3.8, 4) is 11.1 Å². The fourth-order valence-electron chi connectivity index (χ4n) is 3.86. The summed E-state index contributed by atoms with van der Waals surface area (Å²) < 4.78 is 27.8. The monoisotopic (exact) mass is 419 g/mol. The van der Waals surface area contributed by atoms with Gasteiger partial charge in [0.25, 0.3) is 5.91 Å². The normalized spacial score (nSPS) is 13.7. The molecule has 5 rings (SSSR count). The molecule has 0 radical (unpaired) electrons. The van der Waals surface area contributed by atoms with Crippen molar-refractivity contribution in [2.24, 2.45) is 0 Å². The SMILES string of the molecule is O=C(Nc1ccc(N2CCCC2)nc1)c1n[nH]c2ccc(-c3cccc(F)c3F)cc12. The van der Waals surface area contributed by atoms with Crippen molar-refractivity contribution in [1.29, 1.82) is 0 Å². The van der Waals surface area contributed by atoms with E-state index in [1.54, 1.807) is 30.5 Å². The molecule has 4 aromatic rings. The molecule has 2 aromatic heterocycles. The zero-order valence-corrected chi connectivity index (χ0v) is 16.5. The number of aromatic nitrogens is 3. The van der Waals surface area contributed by atoms with Crippen LogP contribution in [-0.2, 0) is 0 Å². The number of anilines is 2. The fourth-order valence-corrected chi connectivity index (χ4v) is 3.86. The Labute approximate surface area is 176 Å². The smallest absolute Gasteiger partial charge is 0.276 e. The molecule has 1 amide bonds. The Bertz CT molecular complexity index is 1260. The Morgan fingerprint density at radius 2 is 1.90 bits per heavy atom. The van der Waals surface area contributed by atoms with Crippen LogP contribution in [0.4, 0.5) is 20.3 Å². The second-order valence-electron chi connectivity index (χ2n) is 7.49. The number of hydrogen-bond donors (Lipinski definition) is 2. The van der Waals surface area contributed by atoms with Gasteiger partial charge in [-0.15, -0.1) is 0 Å². The maximum atomic E-state index is 14.2. The van der Waals surface area contributed by atoms with E-state index in [2.05, 4.69) is 25.4 Å². The van der Waals surface area contributed by atoms with Gasteiger partial charge in [0.05, 0.1) is 17.4 Å². The average molecular weight is 419 g/mol. The number of carbonyl (C=O) groups excluding carboxylic acids is 1. The van der Waals surface area contributed by atoms with Crippen molar-refractivity contribution in [1.82, 2.24) is 15.2 Å². The number of carbonyl (C=O) groups is 1. The van der Waals surface area contributed by atoms with Crippen LogP contribution >= 0.6 is 0 Å². The van der Waals surface area contributed by atoms with Gasteiger partial charge in [0.1, 0.15) is 5.82 Å². The molecule has 6 nitrogen and oxygen atoms in total. The molecule has 0 aliphatic carbocycles. The molecule has 3 heterocycles. The Morgan fingerprint density at radius 1 is 1.06 bits per heavy atom. The lowest BCUT2D eigenvalue weighted by atomic mass is 10.0. The van der Waals surface area contributed by atoms with Gasteiger partial charge >= 0.3 is 0 Å². The van der Waals surface area contributed by atoms with Crippen molar-refractivity contribution < 1.29 is 13.6 Å². The third kappa shape index (κ3) is 3.61. The van der Waals surface area contributed by atoms with Crippen LogP contribution in [0.5, 0.6) is 0 Å². The summed E-state index contributed by atoms with van der Waals surface area (Å²) >= 11 is 0. The number of hydrogen-bond acceptors (Lipinski definition) is 4. The van der Waals surface area contributed by atoms with Gasteiger partial charge in [-0.2, -0.15) is 5.10 Å². The molecule has 1 fully saturated rings. The summed E-state index contributed by atoms with van der Waals surface area (Å²) in [6, 6.07) is 12.7. The molecule has 31 heavy (non-hydrogen) atoms. The molecule has 1 aliphatic rings. The number of H-pyrrole nitrogens is 1. The van der Waals surface area contributed by atoms with Crippen LogP contribution < -0.4 is 10.2 Å². The van der Waals surface area contributed by atoms with Crippen LogP contribution in [0.3, 0.4) is 0 Å². The summed E-state index contributed by atoms with van der Waals surface area (Å²) in [6.45, 7) is 1.98. The number of amides is 1. The molecule has 0 unspecified atom stereocenters. The van der Waals surface area contributed by atoms with E-state index in [0.717, 1.165) is 37.8 Å². The van der Waals surface area contributed by atoms with Gasteiger partial charge in [0, 0.05) is 24.0 Å². The number of nitrogens with one attached hydrogen (secondary N) is 2. The van der Waals surface area contributed by atoms with Gasteiger partial charge in [0.2, 0.25) is 0 Å². The highest BCUT2D eigenvalue weighted by atomic mass is 19.2. The zero-order chi connectivity index (χ0) is 21.4. The van der Waals surface area contributed by atoms with Crippen molar-refractivity contribution in [2.45, 2.75) is 12.8 Å². The lowest BCUT2D eigenvalue weighted by Crippen LogP contribution is -2.19. The summed E-state index contributed by atoms with van der Waals surface area (Å²) in [6.07, 6.45) is 3.94. The Kier molecular flexibility index (Phi) is 4.82. The summed E-state index contributed by atoms with van der Waals surface area (Å²) in [4.78, 5) is 19.5. The molecule has 1 aliphatic heterocycles. The topological polar surface area (TPSA) is 73.9 Å². The molecule has 1 saturated heterocycles. The molecular weight excluding hydrogens is 400 g/mol. The lowest BCUT2D eigenvalue weighted by Gasteiger charge is -2.16. The molecule has 2 aromatic carbocycles. The van der Waals surface area contributed by atoms with Crippen LogP contribution in [-0.4, -0.2) is 34.2 Å². The van der Waals surface area contributed by atoms with Gasteiger partial charge < -0.3 is 10.2 Å². The highest BCUT2D eigenvalue weighted by Crippen LogP contribution is 2.29. The van der Waals surface area contributed by atoms with Crippen molar-refractivity contribution >= 4 is 28.3 Å². The predicted octanol–water partition coefficient (Wildman–Crippen LogP) is 4.76. The maximum Gasteiger partial charge on any atom is 0.276 e. The summed E-state index contributed by atoms with van der Waals surface area (Å²) in [5.41, 5.74) is 1.91. The van der Waals surface area contributed by atoms with Crippen LogP contribution in [0.2, 0.25) is 0 Å². The number of aromatic amines is 1. The predicted molar refractivity (Wildman–Crippen MR) is 115 cm³/mol. The molecule has 0 atom stereocenters. The number of pyridine rings is 1. The van der Waals surface area contributed by atoms with E-state index in [1.807, 2.05) is 6.07 Å².